The number of anilines is 1. The van der Waals surface area contributed by atoms with Gasteiger partial charge in [0, 0.05) is 24.6 Å². The van der Waals surface area contributed by atoms with E-state index in [1.165, 1.54) is 12.3 Å². The van der Waals surface area contributed by atoms with Crippen molar-refractivity contribution in [2.75, 3.05) is 5.32 Å². The van der Waals surface area contributed by atoms with Crippen molar-refractivity contribution in [1.29, 1.82) is 0 Å². The van der Waals surface area contributed by atoms with Crippen molar-refractivity contribution < 1.29 is 9.59 Å². The fourth-order valence-electron chi connectivity index (χ4n) is 1.90. The molecule has 112 valence electrons. The quantitative estimate of drug-likeness (QED) is 0.833. The number of carbonyl (C=O) groups excluding carboxylic acids is 2. The molecule has 5 nitrogen and oxygen atoms in total. The van der Waals surface area contributed by atoms with Gasteiger partial charge in [-0.05, 0) is 36.8 Å². The molecule has 0 fully saturated rings. The summed E-state index contributed by atoms with van der Waals surface area (Å²) in [5.41, 5.74) is 2.01. The van der Waals surface area contributed by atoms with Crippen molar-refractivity contribution in [1.82, 2.24) is 10.3 Å². The lowest BCUT2D eigenvalue weighted by Gasteiger charge is -2.11. The molecule has 1 aromatic carbocycles. The largest absolute Gasteiger partial charge is 0.348 e. The van der Waals surface area contributed by atoms with E-state index in [0.717, 1.165) is 5.56 Å². The van der Waals surface area contributed by atoms with E-state index in [1.807, 2.05) is 18.2 Å². The van der Waals surface area contributed by atoms with Crippen molar-refractivity contribution in [3.8, 4) is 0 Å². The van der Waals surface area contributed by atoms with E-state index >= 15 is 0 Å². The van der Waals surface area contributed by atoms with Gasteiger partial charge in [0.25, 0.3) is 5.91 Å². The van der Waals surface area contributed by atoms with Gasteiger partial charge in [-0.3, -0.25) is 14.6 Å². The first-order valence-corrected chi connectivity index (χ1v) is 6.90. The summed E-state index contributed by atoms with van der Waals surface area (Å²) in [5.74, 6) is -0.406. The molecule has 2 N–H and O–H groups in total. The molecule has 0 atom stereocenters. The second-order valence-corrected chi connectivity index (χ2v) is 4.57. The van der Waals surface area contributed by atoms with Crippen molar-refractivity contribution in [3.63, 3.8) is 0 Å². The summed E-state index contributed by atoms with van der Waals surface area (Å²) < 4.78 is 0. The molecule has 0 saturated heterocycles. The molecule has 0 saturated carbocycles. The number of rotatable bonds is 5. The monoisotopic (exact) mass is 295 g/mol. The molecule has 0 aliphatic heterocycles. The van der Waals surface area contributed by atoms with Crippen LogP contribution in [0.25, 0.3) is 0 Å². The maximum atomic E-state index is 12.0. The third-order valence-corrected chi connectivity index (χ3v) is 2.96. The van der Waals surface area contributed by atoms with E-state index in [2.05, 4.69) is 15.6 Å². The van der Waals surface area contributed by atoms with Crippen LogP contribution in [0.5, 0.6) is 0 Å². The predicted octanol–water partition coefficient (Wildman–Crippen LogP) is 2.53. The molecule has 0 aliphatic rings. The second-order valence-electron chi connectivity index (χ2n) is 4.57. The van der Waals surface area contributed by atoms with Gasteiger partial charge < -0.3 is 10.6 Å². The third kappa shape index (κ3) is 4.28. The van der Waals surface area contributed by atoms with Crippen LogP contribution in [-0.2, 0) is 11.3 Å². The molecule has 2 aromatic rings. The number of benzene rings is 1. The van der Waals surface area contributed by atoms with Crippen LogP contribution in [0.4, 0.5) is 5.69 Å². The zero-order valence-corrected chi connectivity index (χ0v) is 12.2. The summed E-state index contributed by atoms with van der Waals surface area (Å²) >= 11 is 0. The smallest absolute Gasteiger partial charge is 0.253 e. The van der Waals surface area contributed by atoms with Crippen molar-refractivity contribution in [3.05, 3.63) is 72.1 Å². The zero-order chi connectivity index (χ0) is 15.8. The van der Waals surface area contributed by atoms with Crippen molar-refractivity contribution in [2.24, 2.45) is 0 Å². The van der Waals surface area contributed by atoms with E-state index < -0.39 is 0 Å². The molecule has 2 rings (SSSR count). The first-order valence-electron chi connectivity index (χ1n) is 6.90. The molecule has 0 bridgehead atoms. The highest BCUT2D eigenvalue weighted by Gasteiger charge is 2.08. The standard InChI is InChI=1S/C17H17N3O2/c1-2-6-16(21)20-15-9-4-3-7-13(15)12-19-17(22)14-8-5-10-18-11-14/h2-11H,12H2,1H3,(H,19,22)(H,20,21)/b6-2+. The minimum Gasteiger partial charge on any atom is -0.348 e. The van der Waals surface area contributed by atoms with Gasteiger partial charge in [0.05, 0.1) is 5.56 Å². The van der Waals surface area contributed by atoms with Crippen LogP contribution in [0.1, 0.15) is 22.8 Å². The summed E-state index contributed by atoms with van der Waals surface area (Å²) in [4.78, 5) is 27.5. The number of amides is 2. The Labute approximate surface area is 129 Å². The normalized spacial score (nSPS) is 10.4. The maximum Gasteiger partial charge on any atom is 0.253 e. The Balaban J connectivity index is 2.04. The van der Waals surface area contributed by atoms with E-state index in [1.54, 1.807) is 37.4 Å². The van der Waals surface area contributed by atoms with Crippen LogP contribution in [0.2, 0.25) is 0 Å². The Bertz CT molecular complexity index is 681. The maximum absolute atomic E-state index is 12.0. The summed E-state index contributed by atoms with van der Waals surface area (Å²) in [7, 11) is 0. The van der Waals surface area contributed by atoms with Crippen LogP contribution in [0, 0.1) is 0 Å². The molecule has 1 heterocycles. The highest BCUT2D eigenvalue weighted by Crippen LogP contribution is 2.15. The second kappa shape index (κ2) is 7.73. The van der Waals surface area contributed by atoms with Gasteiger partial charge in [0.15, 0.2) is 0 Å². The van der Waals surface area contributed by atoms with E-state index in [9.17, 15) is 9.59 Å². The Hall–Kier alpha value is -2.95. The Morgan fingerprint density at radius 2 is 2.00 bits per heavy atom. The van der Waals surface area contributed by atoms with Gasteiger partial charge in [-0.15, -0.1) is 0 Å². The average molecular weight is 295 g/mol. The van der Waals surface area contributed by atoms with Gasteiger partial charge >= 0.3 is 0 Å². The minimum atomic E-state index is -0.206. The van der Waals surface area contributed by atoms with Crippen LogP contribution in [-0.4, -0.2) is 16.8 Å². The number of pyridine rings is 1. The highest BCUT2D eigenvalue weighted by atomic mass is 16.2. The van der Waals surface area contributed by atoms with Crippen LogP contribution in [0.3, 0.4) is 0 Å². The number of carbonyl (C=O) groups is 2. The lowest BCUT2D eigenvalue weighted by atomic mass is 10.1. The fraction of sp³-hybridized carbons (Fsp3) is 0.118. The van der Waals surface area contributed by atoms with Crippen molar-refractivity contribution in [2.45, 2.75) is 13.5 Å². The summed E-state index contributed by atoms with van der Waals surface area (Å²) in [6.07, 6.45) is 6.24. The summed E-state index contributed by atoms with van der Waals surface area (Å²) in [5, 5.41) is 5.60. The Morgan fingerprint density at radius 3 is 2.73 bits per heavy atom. The van der Waals surface area contributed by atoms with Gasteiger partial charge in [0.2, 0.25) is 5.91 Å². The van der Waals surface area contributed by atoms with Crippen LogP contribution >= 0.6 is 0 Å². The molecular formula is C17H17N3O2. The molecule has 2 amide bonds. The molecule has 5 heteroatoms. The molecule has 22 heavy (non-hydrogen) atoms. The number of hydrogen-bond acceptors (Lipinski definition) is 3. The number of hydrogen-bond donors (Lipinski definition) is 2. The SMILES string of the molecule is C/C=C/C(=O)Nc1ccccc1CNC(=O)c1cccnc1. The molecule has 1 aromatic heterocycles. The average Bonchev–Trinajstić information content (AvgIpc) is 2.55. The number of para-hydroxylation sites is 1. The predicted molar refractivity (Wildman–Crippen MR) is 85.3 cm³/mol. The lowest BCUT2D eigenvalue weighted by Crippen LogP contribution is -2.23. The molecule has 0 radical (unpaired) electrons. The highest BCUT2D eigenvalue weighted by molar-refractivity contribution is 5.99. The molecule has 0 unspecified atom stereocenters. The van der Waals surface area contributed by atoms with Gasteiger partial charge in [-0.2, -0.15) is 0 Å². The van der Waals surface area contributed by atoms with Crippen molar-refractivity contribution >= 4 is 17.5 Å². The van der Waals surface area contributed by atoms with Gasteiger partial charge in [0.1, 0.15) is 0 Å². The Morgan fingerprint density at radius 1 is 1.18 bits per heavy atom. The van der Waals surface area contributed by atoms with Gasteiger partial charge in [-0.25, -0.2) is 0 Å². The first-order chi connectivity index (χ1) is 10.7. The van der Waals surface area contributed by atoms with E-state index in [4.69, 9.17) is 0 Å². The minimum absolute atomic E-state index is 0.200. The van der Waals surface area contributed by atoms with E-state index in [0.29, 0.717) is 17.8 Å². The number of allylic oxidation sites excluding steroid dienone is 1. The molecular weight excluding hydrogens is 278 g/mol. The number of nitrogens with one attached hydrogen (secondary N) is 2. The summed E-state index contributed by atoms with van der Waals surface area (Å²) in [6, 6.07) is 10.7. The lowest BCUT2D eigenvalue weighted by molar-refractivity contribution is -0.111. The number of nitrogens with zero attached hydrogens (tertiary/aromatic N) is 1. The Kier molecular flexibility index (Phi) is 5.43. The van der Waals surface area contributed by atoms with E-state index in [-0.39, 0.29) is 11.8 Å². The zero-order valence-electron chi connectivity index (χ0n) is 12.2. The third-order valence-electron chi connectivity index (χ3n) is 2.96. The molecule has 0 aliphatic carbocycles. The van der Waals surface area contributed by atoms with Crippen LogP contribution in [0.15, 0.2) is 60.9 Å². The summed E-state index contributed by atoms with van der Waals surface area (Å²) in [6.45, 7) is 2.10. The number of aromatic nitrogens is 1. The first kappa shape index (κ1) is 15.4. The molecule has 0 spiro atoms. The van der Waals surface area contributed by atoms with Gasteiger partial charge in [-0.1, -0.05) is 24.3 Å². The van der Waals surface area contributed by atoms with Crippen LogP contribution < -0.4 is 10.6 Å². The fourth-order valence-corrected chi connectivity index (χ4v) is 1.90. The topological polar surface area (TPSA) is 71.1 Å².